The number of nitro groups is 1. The number of hydrogen-bond donors (Lipinski definition) is 1. The molecule has 0 aliphatic heterocycles. The maximum absolute atomic E-state index is 13.0. The Hall–Kier alpha value is -3.00. The lowest BCUT2D eigenvalue weighted by atomic mass is 10.1. The molecule has 0 radical (unpaired) electrons. The summed E-state index contributed by atoms with van der Waals surface area (Å²) in [7, 11) is 0. The van der Waals surface area contributed by atoms with E-state index in [-0.39, 0.29) is 22.1 Å². The molecule has 0 aliphatic rings. The second-order valence-corrected chi connectivity index (χ2v) is 6.16. The predicted octanol–water partition coefficient (Wildman–Crippen LogP) is 3.81. The Kier molecular flexibility index (Phi) is 6.46. The van der Waals surface area contributed by atoms with Crippen molar-refractivity contribution in [2.45, 2.75) is 26.0 Å². The van der Waals surface area contributed by atoms with Crippen LogP contribution in [0.15, 0.2) is 42.5 Å². The summed E-state index contributed by atoms with van der Waals surface area (Å²) in [6.45, 7) is 3.08. The molecule has 1 N–H and O–H groups in total. The normalized spacial score (nSPS) is 12.7. The first-order valence-corrected chi connectivity index (χ1v) is 8.27. The molecule has 0 spiro atoms. The Bertz CT molecular complexity index is 873. The molecule has 0 fully saturated rings. The quantitative estimate of drug-likeness (QED) is 0.456. The van der Waals surface area contributed by atoms with E-state index < -0.39 is 28.9 Å². The van der Waals surface area contributed by atoms with Crippen LogP contribution in [0.5, 0.6) is 0 Å². The number of nitrogens with one attached hydrogen (secondary N) is 1. The van der Waals surface area contributed by atoms with Crippen molar-refractivity contribution in [3.8, 4) is 0 Å². The van der Waals surface area contributed by atoms with E-state index in [1.165, 1.54) is 31.2 Å². The average molecular weight is 395 g/mol. The number of carbonyl (C=O) groups excluding carboxylic acids is 2. The van der Waals surface area contributed by atoms with Crippen molar-refractivity contribution in [3.05, 3.63) is 74.5 Å². The van der Waals surface area contributed by atoms with Crippen LogP contribution in [0.4, 0.5) is 10.1 Å². The largest absolute Gasteiger partial charge is 0.449 e. The number of non-ortho nitro benzene ring substituents is 1. The lowest BCUT2D eigenvalue weighted by Crippen LogP contribution is -2.37. The summed E-state index contributed by atoms with van der Waals surface area (Å²) < 4.78 is 18.0. The first-order chi connectivity index (χ1) is 12.7. The maximum atomic E-state index is 13.0. The molecule has 142 valence electrons. The molecule has 7 nitrogen and oxygen atoms in total. The van der Waals surface area contributed by atoms with Crippen LogP contribution in [0.1, 0.15) is 35.8 Å². The zero-order valence-corrected chi connectivity index (χ0v) is 15.2. The van der Waals surface area contributed by atoms with Gasteiger partial charge in [0.25, 0.3) is 11.6 Å². The highest BCUT2D eigenvalue weighted by Gasteiger charge is 2.23. The zero-order chi connectivity index (χ0) is 20.1. The fraction of sp³-hybridized carbons (Fsp3) is 0.222. The molecule has 2 unspecified atom stereocenters. The summed E-state index contributed by atoms with van der Waals surface area (Å²) in [5, 5.41) is 13.2. The minimum Gasteiger partial charge on any atom is -0.449 e. The summed E-state index contributed by atoms with van der Waals surface area (Å²) in [6.07, 6.45) is -1.13. The number of esters is 1. The van der Waals surface area contributed by atoms with Crippen LogP contribution in [0.2, 0.25) is 5.02 Å². The van der Waals surface area contributed by atoms with E-state index in [2.05, 4.69) is 5.32 Å². The molecule has 0 saturated heterocycles. The van der Waals surface area contributed by atoms with Crippen LogP contribution in [0.25, 0.3) is 0 Å². The number of amides is 1. The Morgan fingerprint density at radius 2 is 1.81 bits per heavy atom. The zero-order valence-electron chi connectivity index (χ0n) is 14.4. The number of nitro benzene ring substituents is 1. The van der Waals surface area contributed by atoms with Crippen LogP contribution < -0.4 is 5.32 Å². The van der Waals surface area contributed by atoms with Gasteiger partial charge in [-0.15, -0.1) is 0 Å². The maximum Gasteiger partial charge on any atom is 0.340 e. The average Bonchev–Trinajstić information content (AvgIpc) is 2.61. The molecule has 2 aromatic carbocycles. The smallest absolute Gasteiger partial charge is 0.340 e. The molecule has 27 heavy (non-hydrogen) atoms. The summed E-state index contributed by atoms with van der Waals surface area (Å²) in [6, 6.07) is 8.50. The highest BCUT2D eigenvalue weighted by atomic mass is 35.5. The van der Waals surface area contributed by atoms with Crippen molar-refractivity contribution in [2.24, 2.45) is 0 Å². The second kappa shape index (κ2) is 8.59. The molecule has 2 atom stereocenters. The molecular formula is C18H16ClFN2O5. The van der Waals surface area contributed by atoms with Crippen LogP contribution in [-0.2, 0) is 9.53 Å². The highest BCUT2D eigenvalue weighted by molar-refractivity contribution is 6.33. The van der Waals surface area contributed by atoms with Crippen LogP contribution in [0, 0.1) is 15.9 Å². The molecule has 0 aromatic heterocycles. The summed E-state index contributed by atoms with van der Waals surface area (Å²) in [5.41, 5.74) is 0.325. The van der Waals surface area contributed by atoms with Gasteiger partial charge in [0.2, 0.25) is 0 Å². The summed E-state index contributed by atoms with van der Waals surface area (Å²) in [5.74, 6) is -1.83. The molecule has 0 aliphatic carbocycles. The number of halogens is 2. The van der Waals surface area contributed by atoms with Gasteiger partial charge in [0.05, 0.1) is 21.6 Å². The third-order valence-corrected chi connectivity index (χ3v) is 4.08. The van der Waals surface area contributed by atoms with Gasteiger partial charge in [0.15, 0.2) is 6.10 Å². The Labute approximate surface area is 159 Å². The Morgan fingerprint density at radius 1 is 1.19 bits per heavy atom. The minimum absolute atomic E-state index is 0.0894. The highest BCUT2D eigenvalue weighted by Crippen LogP contribution is 2.23. The van der Waals surface area contributed by atoms with Crippen LogP contribution in [-0.4, -0.2) is 22.9 Å². The van der Waals surface area contributed by atoms with Gasteiger partial charge in [-0.3, -0.25) is 14.9 Å². The van der Waals surface area contributed by atoms with Crippen molar-refractivity contribution >= 4 is 29.2 Å². The van der Waals surface area contributed by atoms with E-state index in [1.54, 1.807) is 6.92 Å². The van der Waals surface area contributed by atoms with E-state index in [9.17, 15) is 24.1 Å². The molecule has 9 heteroatoms. The number of nitrogens with zero attached hydrogens (tertiary/aromatic N) is 1. The SMILES string of the molecule is CC(OC(=O)c1ccc([N+](=O)[O-])cc1Cl)C(=O)NC(C)c1ccc(F)cc1. The minimum atomic E-state index is -1.13. The number of ether oxygens (including phenoxy) is 1. The molecule has 2 aromatic rings. The fourth-order valence-corrected chi connectivity index (χ4v) is 2.48. The van der Waals surface area contributed by atoms with Gasteiger partial charge in [-0.1, -0.05) is 23.7 Å². The molecule has 0 heterocycles. The van der Waals surface area contributed by atoms with E-state index in [0.29, 0.717) is 5.56 Å². The predicted molar refractivity (Wildman–Crippen MR) is 95.9 cm³/mol. The van der Waals surface area contributed by atoms with Gasteiger partial charge >= 0.3 is 5.97 Å². The summed E-state index contributed by atoms with van der Waals surface area (Å²) >= 11 is 5.87. The van der Waals surface area contributed by atoms with E-state index in [0.717, 1.165) is 18.2 Å². The third kappa shape index (κ3) is 5.24. The Balaban J connectivity index is 2.00. The molecular weight excluding hydrogens is 379 g/mol. The Morgan fingerprint density at radius 3 is 2.37 bits per heavy atom. The number of rotatable bonds is 6. The number of benzene rings is 2. The van der Waals surface area contributed by atoms with Gasteiger partial charge in [0, 0.05) is 12.1 Å². The van der Waals surface area contributed by atoms with Crippen LogP contribution in [0.3, 0.4) is 0 Å². The van der Waals surface area contributed by atoms with Gasteiger partial charge in [-0.2, -0.15) is 0 Å². The fourth-order valence-electron chi connectivity index (χ4n) is 2.23. The third-order valence-electron chi connectivity index (χ3n) is 3.77. The van der Waals surface area contributed by atoms with Crippen molar-refractivity contribution < 1.29 is 23.6 Å². The van der Waals surface area contributed by atoms with Crippen molar-refractivity contribution in [3.63, 3.8) is 0 Å². The van der Waals surface area contributed by atoms with Gasteiger partial charge in [0.1, 0.15) is 5.82 Å². The van der Waals surface area contributed by atoms with Crippen molar-refractivity contribution in [2.75, 3.05) is 0 Å². The van der Waals surface area contributed by atoms with Gasteiger partial charge in [-0.25, -0.2) is 9.18 Å². The van der Waals surface area contributed by atoms with E-state index in [4.69, 9.17) is 16.3 Å². The van der Waals surface area contributed by atoms with Crippen molar-refractivity contribution in [1.82, 2.24) is 5.32 Å². The van der Waals surface area contributed by atoms with E-state index >= 15 is 0 Å². The molecule has 2 rings (SSSR count). The van der Waals surface area contributed by atoms with Gasteiger partial charge in [-0.05, 0) is 37.6 Å². The van der Waals surface area contributed by atoms with Crippen LogP contribution >= 0.6 is 11.6 Å². The lowest BCUT2D eigenvalue weighted by Gasteiger charge is -2.18. The molecule has 1 amide bonds. The van der Waals surface area contributed by atoms with E-state index in [1.807, 2.05) is 0 Å². The molecule has 0 bridgehead atoms. The first kappa shape index (κ1) is 20.3. The topological polar surface area (TPSA) is 98.5 Å². The standard InChI is InChI=1S/C18H16ClFN2O5/c1-10(12-3-5-13(20)6-4-12)21-17(23)11(2)27-18(24)15-8-7-14(22(25)26)9-16(15)19/h3-11H,1-2H3,(H,21,23). The monoisotopic (exact) mass is 394 g/mol. The summed E-state index contributed by atoms with van der Waals surface area (Å²) in [4.78, 5) is 34.4. The number of hydrogen-bond acceptors (Lipinski definition) is 5. The second-order valence-electron chi connectivity index (χ2n) is 5.75. The lowest BCUT2D eigenvalue weighted by molar-refractivity contribution is -0.384. The first-order valence-electron chi connectivity index (χ1n) is 7.89. The van der Waals surface area contributed by atoms with Gasteiger partial charge < -0.3 is 10.1 Å². The molecule has 0 saturated carbocycles. The number of carbonyl (C=O) groups is 2. The van der Waals surface area contributed by atoms with Crippen molar-refractivity contribution in [1.29, 1.82) is 0 Å².